The number of rotatable bonds is 7. The number of ether oxygens (including phenoxy) is 2. The fourth-order valence-corrected chi connectivity index (χ4v) is 4.45. The fraction of sp³-hybridized carbons (Fsp3) is 0.0357. The molecule has 1 amide bonds. The Kier molecular flexibility index (Phi) is 8.24. The Morgan fingerprint density at radius 3 is 2.56 bits per heavy atom. The maximum absolute atomic E-state index is 13.1. The summed E-state index contributed by atoms with van der Waals surface area (Å²) >= 11 is 9.18. The number of nitrogens with zero attached hydrogens (tertiary/aromatic N) is 2. The molecule has 4 aromatic carbocycles. The van der Waals surface area contributed by atoms with E-state index in [4.69, 9.17) is 21.1 Å². The molecule has 9 nitrogen and oxygen atoms in total. The SMILES string of the molecule is COc1cc(/C=C(\C#N)C(=O)Nc2ccc(Cl)cc2[N+](=O)[O-])cc(Br)c1OC(=O)c1cccc2ccccc12. The smallest absolute Gasteiger partial charge is 0.344 e. The predicted molar refractivity (Wildman–Crippen MR) is 150 cm³/mol. The van der Waals surface area contributed by atoms with Crippen LogP contribution in [0.15, 0.2) is 82.8 Å². The summed E-state index contributed by atoms with van der Waals surface area (Å²) in [5, 5.41) is 25.0. The van der Waals surface area contributed by atoms with Gasteiger partial charge in [0.05, 0.1) is 22.1 Å². The van der Waals surface area contributed by atoms with Crippen molar-refractivity contribution < 1.29 is 24.0 Å². The number of benzene rings is 4. The lowest BCUT2D eigenvalue weighted by atomic mass is 10.0. The van der Waals surface area contributed by atoms with E-state index in [1.54, 1.807) is 18.2 Å². The van der Waals surface area contributed by atoms with Crippen LogP contribution in [0, 0.1) is 21.4 Å². The van der Waals surface area contributed by atoms with Gasteiger partial charge in [-0.05, 0) is 68.7 Å². The maximum Gasteiger partial charge on any atom is 0.344 e. The zero-order valence-electron chi connectivity index (χ0n) is 20.1. The molecule has 0 aliphatic heterocycles. The van der Waals surface area contributed by atoms with Crippen molar-refractivity contribution in [2.24, 2.45) is 0 Å². The molecule has 0 heterocycles. The molecule has 0 atom stereocenters. The first-order chi connectivity index (χ1) is 18.7. The number of hydrogen-bond acceptors (Lipinski definition) is 7. The van der Waals surface area contributed by atoms with Crippen molar-refractivity contribution in [3.05, 3.63) is 109 Å². The summed E-state index contributed by atoms with van der Waals surface area (Å²) in [5.74, 6) is -1.21. The van der Waals surface area contributed by atoms with Crippen molar-refractivity contribution in [1.82, 2.24) is 0 Å². The molecule has 0 aliphatic carbocycles. The van der Waals surface area contributed by atoms with Crippen LogP contribution in [0.4, 0.5) is 11.4 Å². The lowest BCUT2D eigenvalue weighted by Crippen LogP contribution is -2.14. The van der Waals surface area contributed by atoms with E-state index in [2.05, 4.69) is 21.2 Å². The third-order valence-electron chi connectivity index (χ3n) is 5.54. The number of amides is 1. The average molecular weight is 607 g/mol. The van der Waals surface area contributed by atoms with Crippen LogP contribution in [0.1, 0.15) is 15.9 Å². The number of carbonyl (C=O) groups is 2. The summed E-state index contributed by atoms with van der Waals surface area (Å²) in [6.07, 6.45) is 1.26. The molecule has 0 bridgehead atoms. The molecule has 39 heavy (non-hydrogen) atoms. The first kappa shape index (κ1) is 27.3. The summed E-state index contributed by atoms with van der Waals surface area (Å²) in [6.45, 7) is 0. The summed E-state index contributed by atoms with van der Waals surface area (Å²) in [7, 11) is 1.38. The van der Waals surface area contributed by atoms with E-state index in [-0.39, 0.29) is 27.8 Å². The first-order valence-corrected chi connectivity index (χ1v) is 12.3. The minimum atomic E-state index is -0.871. The van der Waals surface area contributed by atoms with Gasteiger partial charge in [-0.1, -0.05) is 48.0 Å². The first-order valence-electron chi connectivity index (χ1n) is 11.2. The molecule has 0 saturated heterocycles. The van der Waals surface area contributed by atoms with E-state index < -0.39 is 22.5 Å². The monoisotopic (exact) mass is 605 g/mol. The molecule has 0 unspecified atom stereocenters. The number of carbonyl (C=O) groups excluding carboxylic acids is 2. The molecule has 1 N–H and O–H groups in total. The quantitative estimate of drug-likeness (QED) is 0.0602. The van der Waals surface area contributed by atoms with Crippen molar-refractivity contribution in [1.29, 1.82) is 5.26 Å². The summed E-state index contributed by atoms with van der Waals surface area (Å²) in [5.41, 5.74) is -0.152. The minimum Gasteiger partial charge on any atom is -0.493 e. The molecule has 0 aliphatic rings. The van der Waals surface area contributed by atoms with E-state index in [0.29, 0.717) is 15.6 Å². The third-order valence-corrected chi connectivity index (χ3v) is 6.36. The van der Waals surface area contributed by atoms with E-state index in [1.807, 2.05) is 30.3 Å². The second-order valence-corrected chi connectivity index (χ2v) is 9.28. The van der Waals surface area contributed by atoms with Gasteiger partial charge in [0, 0.05) is 11.1 Å². The molecule has 194 valence electrons. The molecule has 4 aromatic rings. The number of nitrogens with one attached hydrogen (secondary N) is 1. The summed E-state index contributed by atoms with van der Waals surface area (Å²) in [6, 6.07) is 21.2. The topological polar surface area (TPSA) is 132 Å². The van der Waals surface area contributed by atoms with Gasteiger partial charge in [-0.15, -0.1) is 0 Å². The molecular formula is C28H17BrClN3O6. The Labute approximate surface area is 235 Å². The van der Waals surface area contributed by atoms with Crippen molar-refractivity contribution in [2.45, 2.75) is 0 Å². The largest absolute Gasteiger partial charge is 0.493 e. The van der Waals surface area contributed by atoms with Gasteiger partial charge in [-0.2, -0.15) is 5.26 Å². The molecule has 4 rings (SSSR count). The number of halogens is 2. The fourth-order valence-electron chi connectivity index (χ4n) is 3.74. The molecule has 0 saturated carbocycles. The highest BCUT2D eigenvalue weighted by Gasteiger charge is 2.21. The normalized spacial score (nSPS) is 11.0. The molecule has 0 fully saturated rings. The van der Waals surface area contributed by atoms with E-state index in [0.717, 1.165) is 16.8 Å². The lowest BCUT2D eigenvalue weighted by molar-refractivity contribution is -0.383. The van der Waals surface area contributed by atoms with Crippen LogP contribution in [-0.4, -0.2) is 23.9 Å². The van der Waals surface area contributed by atoms with Gasteiger partial charge >= 0.3 is 5.97 Å². The Morgan fingerprint density at radius 2 is 1.85 bits per heavy atom. The minimum absolute atomic E-state index is 0.104. The zero-order chi connectivity index (χ0) is 28.1. The van der Waals surface area contributed by atoms with Gasteiger partial charge in [-0.3, -0.25) is 14.9 Å². The van der Waals surface area contributed by atoms with Gasteiger partial charge < -0.3 is 14.8 Å². The molecule has 11 heteroatoms. The number of nitro groups is 1. The summed E-state index contributed by atoms with van der Waals surface area (Å²) < 4.78 is 11.4. The van der Waals surface area contributed by atoms with Crippen molar-refractivity contribution in [3.8, 4) is 17.6 Å². The Hall–Kier alpha value is -4.72. The number of esters is 1. The summed E-state index contributed by atoms with van der Waals surface area (Å²) in [4.78, 5) is 36.4. The molecule has 0 aromatic heterocycles. The van der Waals surface area contributed by atoms with Crippen molar-refractivity contribution in [3.63, 3.8) is 0 Å². The van der Waals surface area contributed by atoms with Crippen LogP contribution < -0.4 is 14.8 Å². The number of fused-ring (bicyclic) bond motifs is 1. The second kappa shape index (κ2) is 11.8. The molecule has 0 radical (unpaired) electrons. The molecular weight excluding hydrogens is 590 g/mol. The van der Waals surface area contributed by atoms with Gasteiger partial charge in [0.2, 0.25) is 0 Å². The van der Waals surface area contributed by atoms with Crippen LogP contribution >= 0.6 is 27.5 Å². The van der Waals surface area contributed by atoms with Gasteiger partial charge in [0.1, 0.15) is 17.3 Å². The number of methoxy groups -OCH3 is 1. The third kappa shape index (κ3) is 6.06. The second-order valence-electron chi connectivity index (χ2n) is 7.99. The Morgan fingerprint density at radius 1 is 1.10 bits per heavy atom. The van der Waals surface area contributed by atoms with E-state index in [9.17, 15) is 25.0 Å². The highest BCUT2D eigenvalue weighted by atomic mass is 79.9. The van der Waals surface area contributed by atoms with Crippen molar-refractivity contribution >= 4 is 67.6 Å². The Balaban J connectivity index is 1.62. The lowest BCUT2D eigenvalue weighted by Gasteiger charge is -2.13. The van der Waals surface area contributed by atoms with Crippen LogP contribution in [0.2, 0.25) is 5.02 Å². The molecule has 0 spiro atoms. The van der Waals surface area contributed by atoms with Gasteiger partial charge in [0.15, 0.2) is 11.5 Å². The van der Waals surface area contributed by atoms with Gasteiger partial charge in [-0.25, -0.2) is 4.79 Å². The Bertz CT molecular complexity index is 1710. The van der Waals surface area contributed by atoms with Crippen LogP contribution in [0.25, 0.3) is 16.8 Å². The predicted octanol–water partition coefficient (Wildman–Crippen LogP) is 6.94. The number of nitriles is 1. The van der Waals surface area contributed by atoms with E-state index >= 15 is 0 Å². The van der Waals surface area contributed by atoms with Crippen molar-refractivity contribution in [2.75, 3.05) is 12.4 Å². The number of hydrogen-bond donors (Lipinski definition) is 1. The van der Waals surface area contributed by atoms with E-state index in [1.165, 1.54) is 37.5 Å². The highest BCUT2D eigenvalue weighted by molar-refractivity contribution is 9.10. The average Bonchev–Trinajstić information content (AvgIpc) is 2.93. The van der Waals surface area contributed by atoms with Crippen LogP contribution in [0.5, 0.6) is 11.5 Å². The van der Waals surface area contributed by atoms with Crippen LogP contribution in [0.3, 0.4) is 0 Å². The number of nitro benzene ring substituents is 1. The van der Waals surface area contributed by atoms with Gasteiger partial charge in [0.25, 0.3) is 11.6 Å². The standard InChI is InChI=1S/C28H17BrClN3O6/c1-38-25-13-16(11-18(15-31)27(34)32-23-10-9-19(30)14-24(23)33(36)37)12-22(29)26(25)39-28(35)21-8-4-6-17-5-2-3-7-20(17)21/h2-14H,1H3,(H,32,34)/b18-11+. The van der Waals surface area contributed by atoms with Crippen LogP contribution in [-0.2, 0) is 4.79 Å². The highest BCUT2D eigenvalue weighted by Crippen LogP contribution is 2.38. The zero-order valence-corrected chi connectivity index (χ0v) is 22.4. The maximum atomic E-state index is 13.1. The number of anilines is 1.